The molecule has 14 heavy (non-hydrogen) atoms. The minimum absolute atomic E-state index is 0.118. The Bertz CT molecular complexity index is 230. The van der Waals surface area contributed by atoms with Crippen LogP contribution in [-0.4, -0.2) is 37.6 Å². The van der Waals surface area contributed by atoms with Gasteiger partial charge in [-0.1, -0.05) is 0 Å². The van der Waals surface area contributed by atoms with E-state index in [1.54, 1.807) is 6.92 Å². The molecule has 2 N–H and O–H groups in total. The fraction of sp³-hybridized carbons (Fsp3) is 0.778. The molecule has 1 aliphatic rings. The van der Waals surface area contributed by atoms with Crippen molar-refractivity contribution in [2.75, 3.05) is 19.7 Å². The lowest BCUT2D eigenvalue weighted by Crippen LogP contribution is -2.42. The van der Waals surface area contributed by atoms with Crippen molar-refractivity contribution in [3.63, 3.8) is 0 Å². The summed E-state index contributed by atoms with van der Waals surface area (Å²) in [7, 11) is 0. The Balaban J connectivity index is 2.50. The van der Waals surface area contributed by atoms with Gasteiger partial charge in [-0.05, 0) is 6.92 Å². The Morgan fingerprint density at radius 1 is 1.50 bits per heavy atom. The zero-order valence-electron chi connectivity index (χ0n) is 8.50. The number of carbonyl (C=O) groups is 2. The monoisotopic (exact) mass is 200 g/mol. The van der Waals surface area contributed by atoms with Crippen molar-refractivity contribution in [1.29, 1.82) is 0 Å². The largest absolute Gasteiger partial charge is 0.466 e. The van der Waals surface area contributed by atoms with E-state index < -0.39 is 0 Å². The summed E-state index contributed by atoms with van der Waals surface area (Å²) < 4.78 is 4.91. The molecule has 0 aliphatic carbocycles. The Kier molecular flexibility index (Phi) is 3.88. The van der Waals surface area contributed by atoms with E-state index in [9.17, 15) is 9.59 Å². The van der Waals surface area contributed by atoms with Gasteiger partial charge in [0.2, 0.25) is 5.91 Å². The highest BCUT2D eigenvalue weighted by molar-refractivity contribution is 5.77. The highest BCUT2D eigenvalue weighted by atomic mass is 16.5. The number of carbonyl (C=O) groups excluding carboxylic acids is 2. The number of nitrogens with one attached hydrogen (secondary N) is 2. The summed E-state index contributed by atoms with van der Waals surface area (Å²) in [5, 5.41) is 5.78. The molecule has 0 aromatic carbocycles. The summed E-state index contributed by atoms with van der Waals surface area (Å²) in [5.74, 6) is -0.608. The number of rotatable bonds is 3. The van der Waals surface area contributed by atoms with E-state index in [0.29, 0.717) is 19.7 Å². The minimum atomic E-state index is -0.251. The Labute approximate surface area is 83.2 Å². The second-order valence-electron chi connectivity index (χ2n) is 3.32. The molecule has 1 aliphatic heterocycles. The maximum absolute atomic E-state index is 11.4. The van der Waals surface area contributed by atoms with E-state index >= 15 is 0 Å². The molecule has 80 valence electrons. The third-order valence-corrected chi connectivity index (χ3v) is 2.19. The SMILES string of the molecule is CCOC(=O)[C@H]1CNC[C@H]1NC(C)=O. The minimum Gasteiger partial charge on any atom is -0.466 e. The Hall–Kier alpha value is -1.10. The maximum Gasteiger partial charge on any atom is 0.312 e. The highest BCUT2D eigenvalue weighted by Gasteiger charge is 2.34. The Morgan fingerprint density at radius 2 is 2.21 bits per heavy atom. The van der Waals surface area contributed by atoms with Crippen LogP contribution in [0.25, 0.3) is 0 Å². The molecule has 0 aromatic rings. The van der Waals surface area contributed by atoms with Crippen molar-refractivity contribution in [3.8, 4) is 0 Å². The molecule has 1 saturated heterocycles. The van der Waals surface area contributed by atoms with Crippen LogP contribution in [0.4, 0.5) is 0 Å². The predicted octanol–water partition coefficient (Wildman–Crippen LogP) is -0.726. The summed E-state index contributed by atoms with van der Waals surface area (Å²) in [5.41, 5.74) is 0. The molecular weight excluding hydrogens is 184 g/mol. The molecule has 0 radical (unpaired) electrons. The number of hydrogen-bond donors (Lipinski definition) is 2. The Morgan fingerprint density at radius 3 is 2.79 bits per heavy atom. The molecular formula is C9H16N2O3. The second-order valence-corrected chi connectivity index (χ2v) is 3.32. The summed E-state index contributed by atoms with van der Waals surface area (Å²) in [6.07, 6.45) is 0. The molecule has 0 aromatic heterocycles. The molecule has 5 heteroatoms. The molecule has 5 nitrogen and oxygen atoms in total. The predicted molar refractivity (Wildman–Crippen MR) is 50.6 cm³/mol. The van der Waals surface area contributed by atoms with Crippen LogP contribution in [0.3, 0.4) is 0 Å². The first-order chi connectivity index (χ1) is 6.65. The fourth-order valence-electron chi connectivity index (χ4n) is 1.59. The smallest absolute Gasteiger partial charge is 0.312 e. The first-order valence-corrected chi connectivity index (χ1v) is 4.79. The lowest BCUT2D eigenvalue weighted by molar-refractivity contribution is -0.148. The van der Waals surface area contributed by atoms with Gasteiger partial charge in [-0.3, -0.25) is 9.59 Å². The van der Waals surface area contributed by atoms with Crippen LogP contribution in [-0.2, 0) is 14.3 Å². The zero-order chi connectivity index (χ0) is 10.6. The number of ether oxygens (including phenoxy) is 1. The van der Waals surface area contributed by atoms with Gasteiger partial charge in [0.25, 0.3) is 0 Å². The van der Waals surface area contributed by atoms with E-state index in [1.165, 1.54) is 6.92 Å². The van der Waals surface area contributed by atoms with E-state index in [-0.39, 0.29) is 23.8 Å². The van der Waals surface area contributed by atoms with Crippen molar-refractivity contribution < 1.29 is 14.3 Å². The third kappa shape index (κ3) is 2.70. The molecule has 0 unspecified atom stereocenters. The first-order valence-electron chi connectivity index (χ1n) is 4.79. The fourth-order valence-corrected chi connectivity index (χ4v) is 1.59. The lowest BCUT2D eigenvalue weighted by Gasteiger charge is -2.17. The third-order valence-electron chi connectivity index (χ3n) is 2.19. The van der Waals surface area contributed by atoms with Gasteiger partial charge in [0.05, 0.1) is 18.6 Å². The van der Waals surface area contributed by atoms with Gasteiger partial charge in [0, 0.05) is 20.0 Å². The topological polar surface area (TPSA) is 67.4 Å². The van der Waals surface area contributed by atoms with Crippen LogP contribution in [0, 0.1) is 5.92 Å². The van der Waals surface area contributed by atoms with Gasteiger partial charge < -0.3 is 15.4 Å². The van der Waals surface area contributed by atoms with Gasteiger partial charge in [-0.15, -0.1) is 0 Å². The van der Waals surface area contributed by atoms with Crippen LogP contribution in [0.5, 0.6) is 0 Å². The standard InChI is InChI=1S/C9H16N2O3/c1-3-14-9(13)7-4-10-5-8(7)11-6(2)12/h7-8,10H,3-5H2,1-2H3,(H,11,12)/t7-,8+/m0/s1. The summed E-state index contributed by atoms with van der Waals surface area (Å²) in [6, 6.07) is -0.133. The van der Waals surface area contributed by atoms with E-state index in [4.69, 9.17) is 4.74 Å². The van der Waals surface area contributed by atoms with Crippen molar-refractivity contribution in [1.82, 2.24) is 10.6 Å². The molecule has 1 rings (SSSR count). The van der Waals surface area contributed by atoms with E-state index in [1.807, 2.05) is 0 Å². The average Bonchev–Trinajstić information content (AvgIpc) is 2.51. The first kappa shape index (κ1) is 11.0. The number of hydrogen-bond acceptors (Lipinski definition) is 4. The molecule has 1 amide bonds. The molecule has 1 heterocycles. The van der Waals surface area contributed by atoms with E-state index in [0.717, 1.165) is 0 Å². The van der Waals surface area contributed by atoms with Gasteiger partial charge in [0.15, 0.2) is 0 Å². The summed E-state index contributed by atoms with van der Waals surface area (Å²) >= 11 is 0. The second kappa shape index (κ2) is 4.95. The number of esters is 1. The highest BCUT2D eigenvalue weighted by Crippen LogP contribution is 2.10. The van der Waals surface area contributed by atoms with Crippen LogP contribution in [0.1, 0.15) is 13.8 Å². The molecule has 0 spiro atoms. The van der Waals surface area contributed by atoms with Crippen molar-refractivity contribution in [2.45, 2.75) is 19.9 Å². The van der Waals surface area contributed by atoms with E-state index in [2.05, 4.69) is 10.6 Å². The normalized spacial score (nSPS) is 25.9. The molecule has 0 saturated carbocycles. The van der Waals surface area contributed by atoms with Crippen LogP contribution >= 0.6 is 0 Å². The van der Waals surface area contributed by atoms with Crippen molar-refractivity contribution in [2.24, 2.45) is 5.92 Å². The quantitative estimate of drug-likeness (QED) is 0.590. The number of amides is 1. The summed E-state index contributed by atoms with van der Waals surface area (Å²) in [4.78, 5) is 22.3. The van der Waals surface area contributed by atoms with Gasteiger partial charge in [0.1, 0.15) is 0 Å². The van der Waals surface area contributed by atoms with Gasteiger partial charge >= 0.3 is 5.97 Å². The molecule has 2 atom stereocenters. The van der Waals surface area contributed by atoms with Crippen LogP contribution < -0.4 is 10.6 Å². The average molecular weight is 200 g/mol. The zero-order valence-corrected chi connectivity index (χ0v) is 8.50. The van der Waals surface area contributed by atoms with Gasteiger partial charge in [-0.2, -0.15) is 0 Å². The lowest BCUT2D eigenvalue weighted by atomic mass is 10.0. The molecule has 1 fully saturated rings. The maximum atomic E-state index is 11.4. The van der Waals surface area contributed by atoms with Crippen LogP contribution in [0.15, 0.2) is 0 Å². The molecule has 0 bridgehead atoms. The van der Waals surface area contributed by atoms with Crippen molar-refractivity contribution in [3.05, 3.63) is 0 Å². The van der Waals surface area contributed by atoms with Gasteiger partial charge in [-0.25, -0.2) is 0 Å². The van der Waals surface area contributed by atoms with Crippen molar-refractivity contribution >= 4 is 11.9 Å². The summed E-state index contributed by atoms with van der Waals surface area (Å²) in [6.45, 7) is 4.79. The van der Waals surface area contributed by atoms with Crippen LogP contribution in [0.2, 0.25) is 0 Å².